The number of hydrogen-bond acceptors (Lipinski definition) is 3. The van der Waals surface area contributed by atoms with E-state index in [2.05, 4.69) is 27.5 Å². The summed E-state index contributed by atoms with van der Waals surface area (Å²) < 4.78 is 0. The standard InChI is InChI=1S/C6H12N2OS/c1-5(2)6(7-3)8-9-4-10/h4-5H,1-3H3,(H,7,8). The van der Waals surface area contributed by atoms with Gasteiger partial charge in [-0.2, -0.15) is 0 Å². The number of hydroxylamine groups is 1. The van der Waals surface area contributed by atoms with Crippen LogP contribution in [0.4, 0.5) is 0 Å². The van der Waals surface area contributed by atoms with Crippen molar-refractivity contribution in [3.8, 4) is 0 Å². The predicted molar refractivity (Wildman–Crippen MR) is 46.1 cm³/mol. The molecule has 0 aliphatic rings. The van der Waals surface area contributed by atoms with Gasteiger partial charge in [-0.25, -0.2) is 5.48 Å². The molecule has 0 unspecified atom stereocenters. The Morgan fingerprint density at radius 2 is 2.30 bits per heavy atom. The first-order chi connectivity index (χ1) is 4.72. The number of amidine groups is 1. The van der Waals surface area contributed by atoms with Crippen molar-refractivity contribution in [2.24, 2.45) is 10.9 Å². The summed E-state index contributed by atoms with van der Waals surface area (Å²) in [6.07, 6.45) is 0. The second-order valence-corrected chi connectivity index (χ2v) is 2.27. The van der Waals surface area contributed by atoms with Gasteiger partial charge < -0.3 is 4.84 Å². The van der Waals surface area contributed by atoms with Gasteiger partial charge in [0.05, 0.1) is 0 Å². The Hall–Kier alpha value is -0.640. The molecule has 4 heteroatoms. The zero-order valence-electron chi connectivity index (χ0n) is 6.42. The molecule has 0 rings (SSSR count). The maximum atomic E-state index is 4.66. The van der Waals surface area contributed by atoms with Gasteiger partial charge >= 0.3 is 0 Å². The number of aliphatic imine (C=N–C) groups is 1. The predicted octanol–water partition coefficient (Wildman–Crippen LogP) is 1.15. The molecule has 3 nitrogen and oxygen atoms in total. The maximum absolute atomic E-state index is 4.66. The molecule has 0 heterocycles. The van der Waals surface area contributed by atoms with E-state index in [4.69, 9.17) is 0 Å². The molecule has 0 atom stereocenters. The van der Waals surface area contributed by atoms with Crippen molar-refractivity contribution in [1.29, 1.82) is 0 Å². The van der Waals surface area contributed by atoms with Crippen molar-refractivity contribution >= 4 is 23.6 Å². The summed E-state index contributed by atoms with van der Waals surface area (Å²) in [5, 5.41) is 0. The first kappa shape index (κ1) is 9.36. The topological polar surface area (TPSA) is 33.6 Å². The van der Waals surface area contributed by atoms with Crippen LogP contribution in [0.5, 0.6) is 0 Å². The van der Waals surface area contributed by atoms with Gasteiger partial charge in [0.15, 0.2) is 5.55 Å². The van der Waals surface area contributed by atoms with E-state index < -0.39 is 0 Å². The average molecular weight is 160 g/mol. The zero-order chi connectivity index (χ0) is 7.98. The van der Waals surface area contributed by atoms with Crippen LogP contribution in [0.3, 0.4) is 0 Å². The van der Waals surface area contributed by atoms with Crippen molar-refractivity contribution in [3.05, 3.63) is 0 Å². The Bertz CT molecular complexity index is 134. The van der Waals surface area contributed by atoms with Crippen molar-refractivity contribution < 1.29 is 4.84 Å². The molecule has 58 valence electrons. The van der Waals surface area contributed by atoms with Gasteiger partial charge in [0.25, 0.3) is 0 Å². The molecule has 0 bridgehead atoms. The lowest BCUT2D eigenvalue weighted by Gasteiger charge is -2.08. The molecule has 0 aliphatic carbocycles. The summed E-state index contributed by atoms with van der Waals surface area (Å²) in [5.74, 6) is 1.13. The van der Waals surface area contributed by atoms with Crippen molar-refractivity contribution in [1.82, 2.24) is 5.48 Å². The number of nitrogens with one attached hydrogen (secondary N) is 1. The summed E-state index contributed by atoms with van der Waals surface area (Å²) in [6.45, 7) is 4.03. The number of hydrogen-bond donors (Lipinski definition) is 1. The lowest BCUT2D eigenvalue weighted by atomic mass is 10.2. The van der Waals surface area contributed by atoms with Crippen molar-refractivity contribution in [3.63, 3.8) is 0 Å². The monoisotopic (exact) mass is 160 g/mol. The van der Waals surface area contributed by atoms with Crippen LogP contribution in [0.1, 0.15) is 13.8 Å². The maximum Gasteiger partial charge on any atom is 0.182 e. The summed E-state index contributed by atoms with van der Waals surface area (Å²) in [7, 11) is 1.70. The third-order valence-electron chi connectivity index (χ3n) is 0.999. The second kappa shape index (κ2) is 5.17. The number of rotatable bonds is 3. The molecule has 0 amide bonds. The van der Waals surface area contributed by atoms with Crippen LogP contribution >= 0.6 is 12.2 Å². The fourth-order valence-electron chi connectivity index (χ4n) is 0.506. The van der Waals surface area contributed by atoms with E-state index in [0.29, 0.717) is 5.92 Å². The molecule has 0 radical (unpaired) electrons. The molecule has 0 saturated heterocycles. The Kier molecular flexibility index (Phi) is 4.84. The van der Waals surface area contributed by atoms with Crippen LogP contribution in [-0.2, 0) is 4.84 Å². The summed E-state index contributed by atoms with van der Waals surface area (Å²) in [4.78, 5) is 8.60. The lowest BCUT2D eigenvalue weighted by Crippen LogP contribution is -2.27. The van der Waals surface area contributed by atoms with E-state index >= 15 is 0 Å². The highest BCUT2D eigenvalue weighted by Gasteiger charge is 2.01. The van der Waals surface area contributed by atoms with Gasteiger partial charge in [0, 0.05) is 13.0 Å². The minimum absolute atomic E-state index is 0.333. The Balaban J connectivity index is 3.73. The highest BCUT2D eigenvalue weighted by molar-refractivity contribution is 7.78. The van der Waals surface area contributed by atoms with Gasteiger partial charge in [-0.15, -0.1) is 0 Å². The van der Waals surface area contributed by atoms with E-state index in [9.17, 15) is 0 Å². The fraction of sp³-hybridized carbons (Fsp3) is 0.667. The van der Waals surface area contributed by atoms with Gasteiger partial charge in [-0.05, 0) is 12.2 Å². The van der Waals surface area contributed by atoms with Crippen LogP contribution in [0.15, 0.2) is 4.99 Å². The van der Waals surface area contributed by atoms with E-state index in [1.807, 2.05) is 13.8 Å². The first-order valence-corrected chi connectivity index (χ1v) is 3.51. The quantitative estimate of drug-likeness (QED) is 0.291. The third-order valence-corrected chi connectivity index (χ3v) is 1.10. The van der Waals surface area contributed by atoms with E-state index in [1.54, 1.807) is 7.05 Å². The van der Waals surface area contributed by atoms with Gasteiger partial charge in [0.1, 0.15) is 5.84 Å². The van der Waals surface area contributed by atoms with Gasteiger partial charge in [-0.1, -0.05) is 13.8 Å². The molecule has 0 aliphatic heterocycles. The molecule has 0 aromatic heterocycles. The molecule has 0 saturated carbocycles. The Labute approximate surface area is 66.4 Å². The van der Waals surface area contributed by atoms with Gasteiger partial charge in [0.2, 0.25) is 0 Å². The molecular weight excluding hydrogens is 148 g/mol. The average Bonchev–Trinajstić information content (AvgIpc) is 1.89. The zero-order valence-corrected chi connectivity index (χ0v) is 7.23. The molecule has 0 aromatic rings. The van der Waals surface area contributed by atoms with E-state index in [1.165, 1.54) is 0 Å². The molecule has 0 fully saturated rings. The largest absolute Gasteiger partial charge is 0.377 e. The Morgan fingerprint density at radius 3 is 2.60 bits per heavy atom. The molecule has 1 N–H and O–H groups in total. The van der Waals surface area contributed by atoms with Crippen LogP contribution < -0.4 is 5.48 Å². The fourth-order valence-corrected chi connectivity index (χ4v) is 0.554. The van der Waals surface area contributed by atoms with Crippen LogP contribution in [0, 0.1) is 5.92 Å². The van der Waals surface area contributed by atoms with Crippen LogP contribution in [0.2, 0.25) is 0 Å². The summed E-state index contributed by atoms with van der Waals surface area (Å²) in [6, 6.07) is 0. The van der Waals surface area contributed by atoms with E-state index in [0.717, 1.165) is 11.4 Å². The number of nitrogens with zero attached hydrogens (tertiary/aromatic N) is 1. The first-order valence-electron chi connectivity index (χ1n) is 3.04. The summed E-state index contributed by atoms with van der Waals surface area (Å²) in [5.41, 5.74) is 3.77. The van der Waals surface area contributed by atoms with Crippen molar-refractivity contribution in [2.45, 2.75) is 13.8 Å². The summed E-state index contributed by atoms with van der Waals surface area (Å²) >= 11 is 4.44. The van der Waals surface area contributed by atoms with Crippen LogP contribution in [0.25, 0.3) is 0 Å². The molecule has 0 spiro atoms. The van der Waals surface area contributed by atoms with Crippen molar-refractivity contribution in [2.75, 3.05) is 7.05 Å². The van der Waals surface area contributed by atoms with E-state index in [-0.39, 0.29) is 0 Å². The Morgan fingerprint density at radius 1 is 1.70 bits per heavy atom. The molecular formula is C6H12N2OS. The second-order valence-electron chi connectivity index (χ2n) is 2.08. The highest BCUT2D eigenvalue weighted by atomic mass is 32.1. The van der Waals surface area contributed by atoms with Crippen LogP contribution in [-0.4, -0.2) is 18.4 Å². The number of thiocarbonyl (C=S) groups is 1. The minimum atomic E-state index is 0.333. The lowest BCUT2D eigenvalue weighted by molar-refractivity contribution is 0.262. The van der Waals surface area contributed by atoms with Gasteiger partial charge in [-0.3, -0.25) is 4.99 Å². The smallest absolute Gasteiger partial charge is 0.182 e. The minimum Gasteiger partial charge on any atom is -0.377 e. The SMILES string of the molecule is CN=C(NOC=S)C(C)C. The third kappa shape index (κ3) is 3.40. The highest BCUT2D eigenvalue weighted by Crippen LogP contribution is 1.92. The molecule has 0 aromatic carbocycles. The molecule has 10 heavy (non-hydrogen) atoms. The normalized spacial score (nSPS) is 11.4.